The molecule has 22 heavy (non-hydrogen) atoms. The minimum absolute atomic E-state index is 0.0763. The fraction of sp³-hybridized carbons (Fsp3) is 0. The van der Waals surface area contributed by atoms with E-state index < -0.39 is 5.78 Å². The van der Waals surface area contributed by atoms with Gasteiger partial charge in [0.05, 0.1) is 6.20 Å². The fourth-order valence-electron chi connectivity index (χ4n) is 1.73. The van der Waals surface area contributed by atoms with Crippen LogP contribution in [0.1, 0.15) is 10.4 Å². The highest BCUT2D eigenvalue weighted by Crippen LogP contribution is 2.09. The standard InChI is InChI=1S/C8H6N2O.C8H6O3/c11-8-7-4-2-1-3-6(7)5-9-10-8;9-5-8(11)6-1-3-7(10)4-2-6/h1-5H,(H,10,11);1-5,10H. The van der Waals surface area contributed by atoms with Crippen LogP contribution in [0.25, 0.3) is 10.8 Å². The Balaban J connectivity index is 0.000000160. The first kappa shape index (κ1) is 15.1. The van der Waals surface area contributed by atoms with E-state index in [1.54, 1.807) is 12.3 Å². The average molecular weight is 296 g/mol. The number of ketones is 1. The molecule has 0 atom stereocenters. The van der Waals surface area contributed by atoms with Crippen LogP contribution in [0.15, 0.2) is 59.5 Å². The van der Waals surface area contributed by atoms with Gasteiger partial charge < -0.3 is 5.11 Å². The minimum atomic E-state index is -0.579. The number of carbonyl (C=O) groups is 2. The van der Waals surface area contributed by atoms with Crippen LogP contribution in [0.2, 0.25) is 0 Å². The number of nitrogens with zero attached hydrogens (tertiary/aromatic N) is 1. The molecule has 0 saturated heterocycles. The van der Waals surface area contributed by atoms with Crippen molar-refractivity contribution >= 4 is 22.8 Å². The van der Waals surface area contributed by atoms with Crippen molar-refractivity contribution in [2.75, 3.05) is 0 Å². The molecule has 0 unspecified atom stereocenters. The van der Waals surface area contributed by atoms with E-state index in [-0.39, 0.29) is 23.2 Å². The van der Waals surface area contributed by atoms with Crippen molar-refractivity contribution in [3.63, 3.8) is 0 Å². The topological polar surface area (TPSA) is 100 Å². The van der Waals surface area contributed by atoms with Crippen molar-refractivity contribution in [1.82, 2.24) is 10.2 Å². The summed E-state index contributed by atoms with van der Waals surface area (Å²) >= 11 is 0. The summed E-state index contributed by atoms with van der Waals surface area (Å²) in [5.74, 6) is -0.502. The lowest BCUT2D eigenvalue weighted by Crippen LogP contribution is -2.06. The van der Waals surface area contributed by atoms with Gasteiger partial charge in [0.2, 0.25) is 5.78 Å². The van der Waals surface area contributed by atoms with E-state index in [1.807, 2.05) is 18.2 Å². The van der Waals surface area contributed by atoms with Gasteiger partial charge in [-0.15, -0.1) is 0 Å². The Bertz CT molecular complexity index is 848. The maximum Gasteiger partial charge on any atom is 0.272 e. The number of fused-ring (bicyclic) bond motifs is 1. The van der Waals surface area contributed by atoms with Gasteiger partial charge in [-0.25, -0.2) is 5.10 Å². The Hall–Kier alpha value is -3.28. The maximum atomic E-state index is 11.1. The molecule has 2 N–H and O–H groups in total. The van der Waals surface area contributed by atoms with Gasteiger partial charge >= 0.3 is 0 Å². The van der Waals surface area contributed by atoms with Crippen molar-refractivity contribution in [3.05, 3.63) is 70.6 Å². The highest BCUT2D eigenvalue weighted by Gasteiger charge is 2.01. The average Bonchev–Trinajstić information content (AvgIpc) is 2.56. The monoisotopic (exact) mass is 296 g/mol. The number of hydrogen-bond donors (Lipinski definition) is 2. The molecule has 1 aromatic heterocycles. The van der Waals surface area contributed by atoms with Crippen molar-refractivity contribution in [1.29, 1.82) is 0 Å². The van der Waals surface area contributed by atoms with E-state index in [1.165, 1.54) is 24.3 Å². The molecular formula is C16H12N2O4. The first-order chi connectivity index (χ1) is 10.6. The van der Waals surface area contributed by atoms with E-state index in [4.69, 9.17) is 5.11 Å². The molecule has 2 aromatic carbocycles. The quantitative estimate of drug-likeness (QED) is 0.426. The van der Waals surface area contributed by atoms with E-state index in [0.29, 0.717) is 5.39 Å². The number of aldehydes is 1. The number of carbonyl (C=O) groups excluding carboxylic acids is 2. The summed E-state index contributed by atoms with van der Waals surface area (Å²) in [5, 5.41) is 16.4. The summed E-state index contributed by atoms with van der Waals surface area (Å²) in [6.07, 6.45) is 1.88. The van der Waals surface area contributed by atoms with Gasteiger partial charge in [0.25, 0.3) is 5.56 Å². The summed E-state index contributed by atoms with van der Waals surface area (Å²) in [4.78, 5) is 31.7. The number of benzene rings is 2. The van der Waals surface area contributed by atoms with Crippen LogP contribution in [0.4, 0.5) is 0 Å². The van der Waals surface area contributed by atoms with Crippen molar-refractivity contribution in [3.8, 4) is 5.75 Å². The number of phenolic OH excluding ortho intramolecular Hbond substituents is 1. The second-order valence-corrected chi connectivity index (χ2v) is 4.32. The van der Waals surface area contributed by atoms with Gasteiger partial charge in [0.15, 0.2) is 6.29 Å². The summed E-state index contributed by atoms with van der Waals surface area (Å²) in [5.41, 5.74) is 0.154. The lowest BCUT2D eigenvalue weighted by Gasteiger charge is -1.92. The molecule has 0 saturated carbocycles. The van der Waals surface area contributed by atoms with Crippen LogP contribution >= 0.6 is 0 Å². The van der Waals surface area contributed by atoms with E-state index in [0.717, 1.165) is 5.39 Å². The maximum absolute atomic E-state index is 11.1. The molecule has 0 aliphatic carbocycles. The van der Waals surface area contributed by atoms with Gasteiger partial charge in [-0.1, -0.05) is 18.2 Å². The number of H-pyrrole nitrogens is 1. The number of aromatic amines is 1. The molecule has 0 bridgehead atoms. The Morgan fingerprint density at radius 3 is 2.41 bits per heavy atom. The fourth-order valence-corrected chi connectivity index (χ4v) is 1.73. The number of hydrogen-bond acceptors (Lipinski definition) is 5. The van der Waals surface area contributed by atoms with Crippen LogP contribution < -0.4 is 5.56 Å². The van der Waals surface area contributed by atoms with Crippen LogP contribution in [-0.4, -0.2) is 27.4 Å². The lowest BCUT2D eigenvalue weighted by atomic mass is 10.1. The van der Waals surface area contributed by atoms with Gasteiger partial charge in [0.1, 0.15) is 5.75 Å². The molecule has 6 nitrogen and oxygen atoms in total. The number of aromatic nitrogens is 2. The molecular weight excluding hydrogens is 284 g/mol. The molecule has 3 aromatic rings. The second kappa shape index (κ2) is 6.94. The lowest BCUT2D eigenvalue weighted by molar-refractivity contribution is -0.104. The molecule has 0 aliphatic rings. The van der Waals surface area contributed by atoms with Gasteiger partial charge in [-0.3, -0.25) is 14.4 Å². The van der Waals surface area contributed by atoms with E-state index in [9.17, 15) is 14.4 Å². The van der Waals surface area contributed by atoms with Crippen molar-refractivity contribution < 1.29 is 14.7 Å². The van der Waals surface area contributed by atoms with E-state index >= 15 is 0 Å². The number of Topliss-reactive ketones (excluding diaryl/α,β-unsaturated/α-hetero) is 1. The van der Waals surface area contributed by atoms with E-state index in [2.05, 4.69) is 10.2 Å². The third-order valence-corrected chi connectivity index (χ3v) is 2.83. The zero-order valence-electron chi connectivity index (χ0n) is 11.4. The van der Waals surface area contributed by atoms with Gasteiger partial charge in [-0.2, -0.15) is 5.10 Å². The van der Waals surface area contributed by atoms with Crippen LogP contribution in [0, 0.1) is 0 Å². The predicted molar refractivity (Wildman–Crippen MR) is 80.9 cm³/mol. The molecule has 0 spiro atoms. The Labute approximate surface area is 125 Å². The first-order valence-electron chi connectivity index (χ1n) is 6.33. The Kier molecular flexibility index (Phi) is 4.77. The summed E-state index contributed by atoms with van der Waals surface area (Å²) < 4.78 is 0. The van der Waals surface area contributed by atoms with Crippen molar-refractivity contribution in [2.45, 2.75) is 0 Å². The Morgan fingerprint density at radius 1 is 1.09 bits per heavy atom. The molecule has 0 fully saturated rings. The summed E-state index contributed by atoms with van der Waals surface area (Å²) in [6, 6.07) is 12.8. The summed E-state index contributed by atoms with van der Waals surface area (Å²) in [6.45, 7) is 0. The number of phenols is 1. The molecule has 3 rings (SSSR count). The van der Waals surface area contributed by atoms with Gasteiger partial charge in [0, 0.05) is 16.3 Å². The third-order valence-electron chi connectivity index (χ3n) is 2.83. The van der Waals surface area contributed by atoms with Crippen LogP contribution in [0.5, 0.6) is 5.75 Å². The normalized spacial score (nSPS) is 9.64. The molecule has 0 radical (unpaired) electrons. The predicted octanol–water partition coefficient (Wildman–Crippen LogP) is 1.70. The summed E-state index contributed by atoms with van der Waals surface area (Å²) in [7, 11) is 0. The molecule has 6 heteroatoms. The smallest absolute Gasteiger partial charge is 0.272 e. The zero-order chi connectivity index (χ0) is 15.9. The number of nitrogens with one attached hydrogen (secondary N) is 1. The molecule has 110 valence electrons. The number of aromatic hydroxyl groups is 1. The largest absolute Gasteiger partial charge is 0.508 e. The highest BCUT2D eigenvalue weighted by molar-refractivity contribution is 6.33. The van der Waals surface area contributed by atoms with Crippen molar-refractivity contribution in [2.24, 2.45) is 0 Å². The SMILES string of the molecule is O=CC(=O)c1ccc(O)cc1.O=c1[nH]ncc2ccccc12. The highest BCUT2D eigenvalue weighted by atomic mass is 16.3. The molecule has 1 heterocycles. The molecule has 0 amide bonds. The number of rotatable bonds is 2. The van der Waals surface area contributed by atoms with Crippen LogP contribution in [0.3, 0.4) is 0 Å². The Morgan fingerprint density at radius 2 is 1.77 bits per heavy atom. The zero-order valence-corrected chi connectivity index (χ0v) is 11.4. The molecule has 0 aliphatic heterocycles. The minimum Gasteiger partial charge on any atom is -0.508 e. The van der Waals surface area contributed by atoms with Crippen LogP contribution in [-0.2, 0) is 4.79 Å². The first-order valence-corrected chi connectivity index (χ1v) is 6.33. The second-order valence-electron chi connectivity index (χ2n) is 4.32. The third kappa shape index (κ3) is 3.63. The van der Waals surface area contributed by atoms with Gasteiger partial charge in [-0.05, 0) is 30.3 Å².